The molecule has 0 heterocycles. The van der Waals surface area contributed by atoms with Crippen molar-refractivity contribution in [2.24, 2.45) is 0 Å². The average molecular weight is 361 g/mol. The Morgan fingerprint density at radius 3 is 2.58 bits per heavy atom. The Balaban J connectivity index is 2.08. The first kappa shape index (κ1) is 17.5. The van der Waals surface area contributed by atoms with Gasteiger partial charge in [-0.1, -0.05) is 24.3 Å². The van der Waals surface area contributed by atoms with Gasteiger partial charge in [0.2, 0.25) is 0 Å². The van der Waals surface area contributed by atoms with Crippen LogP contribution in [0.1, 0.15) is 21.5 Å². The minimum absolute atomic E-state index is 0.0737. The van der Waals surface area contributed by atoms with Gasteiger partial charge in [-0.05, 0) is 17.7 Å². The van der Waals surface area contributed by atoms with Crippen molar-refractivity contribution in [1.29, 1.82) is 0 Å². The number of carbonyl (C=O) groups is 1. The van der Waals surface area contributed by atoms with Crippen LogP contribution in [0, 0.1) is 10.1 Å². The first-order valence-corrected chi connectivity index (χ1v) is 7.55. The van der Waals surface area contributed by atoms with E-state index in [-0.39, 0.29) is 17.1 Å². The highest BCUT2D eigenvalue weighted by Crippen LogP contribution is 2.38. The van der Waals surface area contributed by atoms with Crippen LogP contribution in [0.25, 0.3) is 6.08 Å². The zero-order valence-electron chi connectivity index (χ0n) is 13.6. The molecule has 26 heavy (non-hydrogen) atoms. The summed E-state index contributed by atoms with van der Waals surface area (Å²) in [6.45, 7) is -3.15. The fourth-order valence-corrected chi connectivity index (χ4v) is 2.84. The molecule has 2 aromatic rings. The summed E-state index contributed by atoms with van der Waals surface area (Å²) in [7, 11) is 1.23. The number of benzene rings is 2. The van der Waals surface area contributed by atoms with Crippen molar-refractivity contribution in [2.45, 2.75) is 13.0 Å². The van der Waals surface area contributed by atoms with E-state index in [9.17, 15) is 23.7 Å². The van der Waals surface area contributed by atoms with E-state index in [0.29, 0.717) is 17.6 Å². The highest BCUT2D eigenvalue weighted by atomic mass is 19.3. The predicted molar refractivity (Wildman–Crippen MR) is 88.7 cm³/mol. The number of ether oxygens (including phenoxy) is 2. The molecule has 0 unspecified atom stereocenters. The number of hydrogen-bond donors (Lipinski definition) is 0. The number of fused-ring (bicyclic) bond motifs is 1. The normalized spacial score (nSPS) is 14.6. The number of nitrogens with zero attached hydrogens (tertiary/aromatic N) is 1. The second kappa shape index (κ2) is 6.91. The second-order valence-corrected chi connectivity index (χ2v) is 5.53. The fourth-order valence-electron chi connectivity index (χ4n) is 2.84. The third kappa shape index (κ3) is 3.26. The molecule has 0 bridgehead atoms. The van der Waals surface area contributed by atoms with Crippen LogP contribution in [0.4, 0.5) is 14.5 Å². The van der Waals surface area contributed by atoms with Crippen molar-refractivity contribution in [3.63, 3.8) is 0 Å². The molecule has 134 valence electrons. The van der Waals surface area contributed by atoms with Crippen LogP contribution in [-0.4, -0.2) is 24.4 Å². The first-order chi connectivity index (χ1) is 12.4. The van der Waals surface area contributed by atoms with E-state index in [1.807, 2.05) is 6.07 Å². The van der Waals surface area contributed by atoms with Crippen LogP contribution in [0.15, 0.2) is 42.0 Å². The van der Waals surface area contributed by atoms with E-state index in [0.717, 1.165) is 11.6 Å². The SMILES string of the molecule is COc1cc(/C=C2\Cc3ccccc3C2=O)c([N+](=O)[O-])cc1OC(F)F. The lowest BCUT2D eigenvalue weighted by Crippen LogP contribution is -2.05. The van der Waals surface area contributed by atoms with Gasteiger partial charge in [0.15, 0.2) is 17.3 Å². The van der Waals surface area contributed by atoms with Crippen LogP contribution in [0.5, 0.6) is 11.5 Å². The zero-order chi connectivity index (χ0) is 18.8. The molecule has 0 fully saturated rings. The van der Waals surface area contributed by atoms with Gasteiger partial charge in [-0.3, -0.25) is 14.9 Å². The third-order valence-corrected chi connectivity index (χ3v) is 3.99. The number of Topliss-reactive ketones (excluding diaryl/α,β-unsaturated/α-hetero) is 1. The highest BCUT2D eigenvalue weighted by Gasteiger charge is 2.26. The number of nitro benzene ring substituents is 1. The lowest BCUT2D eigenvalue weighted by molar-refractivity contribution is -0.385. The summed E-state index contributed by atoms with van der Waals surface area (Å²) in [6, 6.07) is 9.11. The van der Waals surface area contributed by atoms with Gasteiger partial charge in [-0.25, -0.2) is 0 Å². The largest absolute Gasteiger partial charge is 0.493 e. The molecule has 3 rings (SSSR count). The van der Waals surface area contributed by atoms with Crippen molar-refractivity contribution in [3.8, 4) is 11.5 Å². The minimum atomic E-state index is -3.15. The van der Waals surface area contributed by atoms with Gasteiger partial charge >= 0.3 is 6.61 Å². The maximum Gasteiger partial charge on any atom is 0.387 e. The summed E-state index contributed by atoms with van der Waals surface area (Å²) >= 11 is 0. The van der Waals surface area contributed by atoms with Gasteiger partial charge in [-0.15, -0.1) is 0 Å². The zero-order valence-corrected chi connectivity index (χ0v) is 13.6. The van der Waals surface area contributed by atoms with E-state index >= 15 is 0 Å². The molecule has 6 nitrogen and oxygen atoms in total. The Morgan fingerprint density at radius 2 is 1.96 bits per heavy atom. The van der Waals surface area contributed by atoms with Gasteiger partial charge in [0.1, 0.15) is 0 Å². The lowest BCUT2D eigenvalue weighted by atomic mass is 10.1. The van der Waals surface area contributed by atoms with Gasteiger partial charge in [0.25, 0.3) is 5.69 Å². The van der Waals surface area contributed by atoms with Crippen molar-refractivity contribution in [1.82, 2.24) is 0 Å². The van der Waals surface area contributed by atoms with Crippen LogP contribution in [0.3, 0.4) is 0 Å². The number of allylic oxidation sites excluding steroid dienone is 1. The van der Waals surface area contributed by atoms with Gasteiger partial charge in [0.05, 0.1) is 23.7 Å². The minimum Gasteiger partial charge on any atom is -0.493 e. The van der Waals surface area contributed by atoms with Crippen LogP contribution in [-0.2, 0) is 6.42 Å². The quantitative estimate of drug-likeness (QED) is 0.456. The molecule has 0 saturated carbocycles. The standard InChI is InChI=1S/C18H13F2NO5/c1-25-15-8-11(14(21(23)24)9-16(15)26-18(19)20)7-12-6-10-4-2-3-5-13(10)17(12)22/h2-5,7-9,18H,6H2,1H3/b12-7+. The van der Waals surface area contributed by atoms with Gasteiger partial charge in [-0.2, -0.15) is 8.78 Å². The smallest absolute Gasteiger partial charge is 0.387 e. The van der Waals surface area contributed by atoms with E-state index in [2.05, 4.69) is 4.74 Å². The van der Waals surface area contributed by atoms with Crippen molar-refractivity contribution in [3.05, 3.63) is 68.8 Å². The number of carbonyl (C=O) groups excluding carboxylic acids is 1. The molecule has 0 N–H and O–H groups in total. The molecule has 8 heteroatoms. The van der Waals surface area contributed by atoms with Crippen LogP contribution in [0.2, 0.25) is 0 Å². The third-order valence-electron chi connectivity index (χ3n) is 3.99. The lowest BCUT2D eigenvalue weighted by Gasteiger charge is -2.11. The number of methoxy groups -OCH3 is 1. The molecule has 2 aromatic carbocycles. The maximum absolute atomic E-state index is 12.5. The molecule has 1 aliphatic carbocycles. The van der Waals surface area contributed by atoms with Gasteiger partial charge in [0, 0.05) is 17.6 Å². The molecule has 0 aromatic heterocycles. The number of rotatable bonds is 5. The Bertz CT molecular complexity index is 924. The Labute approximate surface area is 146 Å². The summed E-state index contributed by atoms with van der Waals surface area (Å²) in [4.78, 5) is 23.1. The monoisotopic (exact) mass is 361 g/mol. The average Bonchev–Trinajstić information content (AvgIpc) is 2.91. The Kier molecular flexibility index (Phi) is 4.66. The molecule has 0 spiro atoms. The van der Waals surface area contributed by atoms with Crippen molar-refractivity contribution < 1.29 is 28.0 Å². The summed E-state index contributed by atoms with van der Waals surface area (Å²) in [5.41, 5.74) is 1.36. The van der Waals surface area contributed by atoms with E-state index in [4.69, 9.17) is 4.74 Å². The summed E-state index contributed by atoms with van der Waals surface area (Å²) in [5.74, 6) is -0.759. The fraction of sp³-hybridized carbons (Fsp3) is 0.167. The first-order valence-electron chi connectivity index (χ1n) is 7.55. The number of alkyl halides is 2. The number of hydrogen-bond acceptors (Lipinski definition) is 5. The predicted octanol–water partition coefficient (Wildman–Crippen LogP) is 4.03. The second-order valence-electron chi connectivity index (χ2n) is 5.53. The van der Waals surface area contributed by atoms with Crippen LogP contribution < -0.4 is 9.47 Å². The Morgan fingerprint density at radius 1 is 1.23 bits per heavy atom. The molecule has 0 radical (unpaired) electrons. The maximum atomic E-state index is 12.5. The summed E-state index contributed by atoms with van der Waals surface area (Å²) in [6.07, 6.45) is 1.72. The molecular weight excluding hydrogens is 348 g/mol. The van der Waals surface area contributed by atoms with E-state index in [1.54, 1.807) is 18.2 Å². The number of ketones is 1. The van der Waals surface area contributed by atoms with Gasteiger partial charge < -0.3 is 9.47 Å². The molecule has 0 aliphatic heterocycles. The van der Waals surface area contributed by atoms with E-state index < -0.39 is 23.0 Å². The topological polar surface area (TPSA) is 78.7 Å². The molecule has 1 aliphatic rings. The molecular formula is C18H13F2NO5. The summed E-state index contributed by atoms with van der Waals surface area (Å²) in [5, 5.41) is 11.3. The van der Waals surface area contributed by atoms with Crippen molar-refractivity contribution >= 4 is 17.5 Å². The molecule has 0 atom stereocenters. The van der Waals surface area contributed by atoms with Crippen molar-refractivity contribution in [2.75, 3.05) is 7.11 Å². The Hall–Kier alpha value is -3.29. The molecule has 0 saturated heterocycles. The van der Waals surface area contributed by atoms with E-state index in [1.165, 1.54) is 19.3 Å². The highest BCUT2D eigenvalue weighted by molar-refractivity contribution is 6.15. The van der Waals surface area contributed by atoms with Crippen LogP contribution >= 0.6 is 0 Å². The number of halogens is 2. The summed E-state index contributed by atoms with van der Waals surface area (Å²) < 4.78 is 34.2. The number of nitro groups is 1. The molecule has 0 amide bonds.